The number of nitrogens with one attached hydrogen (secondary N) is 1. The molecule has 2 atom stereocenters. The van der Waals surface area contributed by atoms with E-state index in [-0.39, 0.29) is 6.61 Å². The number of carbonyl (C=O) groups excluding carboxylic acids is 1. The van der Waals surface area contributed by atoms with Crippen LogP contribution in [0.25, 0.3) is 0 Å². The average Bonchev–Trinajstić information content (AvgIpc) is 2.85. The van der Waals surface area contributed by atoms with Crippen LogP contribution in [0, 0.1) is 0 Å². The van der Waals surface area contributed by atoms with Crippen molar-refractivity contribution in [3.63, 3.8) is 0 Å². The molecule has 2 N–H and O–H groups in total. The molecule has 3 rings (SSSR count). The summed E-state index contributed by atoms with van der Waals surface area (Å²) in [5, 5.41) is 12.9. The number of hydrogen-bond acceptors (Lipinski definition) is 4. The smallest absolute Gasteiger partial charge is 0.408 e. The van der Waals surface area contributed by atoms with Crippen LogP contribution in [-0.2, 0) is 16.1 Å². The van der Waals surface area contributed by atoms with Crippen LogP contribution in [0.2, 0.25) is 0 Å². The number of hydrogen-bond donors (Lipinski definition) is 2. The maximum absolute atomic E-state index is 12.0. The van der Waals surface area contributed by atoms with Crippen molar-refractivity contribution in [3.8, 4) is 0 Å². The van der Waals surface area contributed by atoms with Crippen LogP contribution in [0.1, 0.15) is 31.2 Å². The number of carboxylic acids is 1. The van der Waals surface area contributed by atoms with Crippen LogP contribution in [0.5, 0.6) is 0 Å². The third-order valence-electron chi connectivity index (χ3n) is 4.31. The van der Waals surface area contributed by atoms with Gasteiger partial charge in [-0.15, -0.1) is 0 Å². The lowest BCUT2D eigenvalue weighted by Gasteiger charge is -2.36. The second-order valence-corrected chi connectivity index (χ2v) is 7.55. The first kappa shape index (κ1) is 15.2. The first-order valence-corrected chi connectivity index (χ1v) is 8.39. The molecule has 2 heterocycles. The molecule has 2 aliphatic rings. The number of carboxylic acid groups (broad SMARTS) is 1. The Labute approximate surface area is 133 Å². The van der Waals surface area contributed by atoms with E-state index in [1.54, 1.807) is 0 Å². The highest BCUT2D eigenvalue weighted by atomic mass is 32.2. The van der Waals surface area contributed by atoms with Gasteiger partial charge < -0.3 is 15.2 Å². The third-order valence-corrected chi connectivity index (χ3v) is 5.89. The van der Waals surface area contributed by atoms with Crippen molar-refractivity contribution < 1.29 is 19.4 Å². The Morgan fingerprint density at radius 2 is 1.86 bits per heavy atom. The summed E-state index contributed by atoms with van der Waals surface area (Å²) < 4.78 is 5.18. The van der Waals surface area contributed by atoms with Crippen LogP contribution < -0.4 is 5.32 Å². The SMILES string of the molecule is O=C(NC1(C(=O)O)CC2CCC(C1)S2)OCc1ccccc1. The van der Waals surface area contributed by atoms with Crippen LogP contribution in [0.3, 0.4) is 0 Å². The molecule has 1 aromatic carbocycles. The first-order valence-electron chi connectivity index (χ1n) is 7.45. The van der Waals surface area contributed by atoms with E-state index in [0.717, 1.165) is 18.4 Å². The molecule has 0 saturated carbocycles. The Morgan fingerprint density at radius 1 is 1.23 bits per heavy atom. The van der Waals surface area contributed by atoms with Gasteiger partial charge in [-0.1, -0.05) is 30.3 Å². The van der Waals surface area contributed by atoms with Crippen molar-refractivity contribution in [3.05, 3.63) is 35.9 Å². The minimum Gasteiger partial charge on any atom is -0.480 e. The zero-order chi connectivity index (χ0) is 15.6. The number of amides is 1. The second-order valence-electron chi connectivity index (χ2n) is 5.94. The maximum Gasteiger partial charge on any atom is 0.408 e. The molecule has 5 nitrogen and oxygen atoms in total. The van der Waals surface area contributed by atoms with E-state index in [2.05, 4.69) is 5.32 Å². The fourth-order valence-corrected chi connectivity index (χ4v) is 5.08. The van der Waals surface area contributed by atoms with Gasteiger partial charge in [-0.05, 0) is 31.2 Å². The fraction of sp³-hybridized carbons (Fsp3) is 0.500. The minimum absolute atomic E-state index is 0.143. The molecular weight excluding hydrogens is 302 g/mol. The molecular formula is C16H19NO4S. The van der Waals surface area contributed by atoms with Gasteiger partial charge in [0.05, 0.1) is 0 Å². The number of aliphatic carboxylic acids is 1. The van der Waals surface area contributed by atoms with Gasteiger partial charge in [0.2, 0.25) is 0 Å². The first-order chi connectivity index (χ1) is 10.6. The van der Waals surface area contributed by atoms with Gasteiger partial charge in [0.25, 0.3) is 0 Å². The van der Waals surface area contributed by atoms with Gasteiger partial charge in [-0.3, -0.25) is 0 Å². The number of carbonyl (C=O) groups is 2. The average molecular weight is 321 g/mol. The molecule has 2 fully saturated rings. The Hall–Kier alpha value is -1.69. The molecule has 0 spiro atoms. The van der Waals surface area contributed by atoms with E-state index in [0.29, 0.717) is 23.3 Å². The number of fused-ring (bicyclic) bond motifs is 2. The van der Waals surface area contributed by atoms with E-state index < -0.39 is 17.6 Å². The van der Waals surface area contributed by atoms with Crippen molar-refractivity contribution >= 4 is 23.8 Å². The van der Waals surface area contributed by atoms with Gasteiger partial charge in [-0.2, -0.15) is 11.8 Å². The van der Waals surface area contributed by atoms with Crippen molar-refractivity contribution in [2.75, 3.05) is 0 Å². The summed E-state index contributed by atoms with van der Waals surface area (Å²) in [6.45, 7) is 0.143. The number of ether oxygens (including phenoxy) is 1. The fourth-order valence-electron chi connectivity index (χ4n) is 3.23. The van der Waals surface area contributed by atoms with E-state index in [9.17, 15) is 14.7 Å². The molecule has 22 heavy (non-hydrogen) atoms. The highest BCUT2D eigenvalue weighted by Crippen LogP contribution is 2.47. The number of alkyl carbamates (subject to hydrolysis) is 1. The van der Waals surface area contributed by atoms with Gasteiger partial charge in [0.1, 0.15) is 12.1 Å². The predicted molar refractivity (Wildman–Crippen MR) is 83.8 cm³/mol. The Morgan fingerprint density at radius 3 is 2.45 bits per heavy atom. The van der Waals surface area contributed by atoms with Gasteiger partial charge in [-0.25, -0.2) is 9.59 Å². The van der Waals surface area contributed by atoms with Crippen LogP contribution in [0.4, 0.5) is 4.79 Å². The summed E-state index contributed by atoms with van der Waals surface area (Å²) in [5.74, 6) is -0.957. The second kappa shape index (κ2) is 6.20. The lowest BCUT2D eigenvalue weighted by atomic mass is 9.89. The topological polar surface area (TPSA) is 75.6 Å². The number of benzene rings is 1. The van der Waals surface area contributed by atoms with Crippen LogP contribution in [-0.4, -0.2) is 33.2 Å². The lowest BCUT2D eigenvalue weighted by molar-refractivity contribution is -0.145. The molecule has 0 radical (unpaired) electrons. The molecule has 2 aliphatic heterocycles. The molecule has 0 aromatic heterocycles. The zero-order valence-electron chi connectivity index (χ0n) is 12.2. The minimum atomic E-state index is -1.18. The lowest BCUT2D eigenvalue weighted by Crippen LogP contribution is -2.58. The quantitative estimate of drug-likeness (QED) is 0.892. The summed E-state index contributed by atoms with van der Waals surface area (Å²) in [6, 6.07) is 9.34. The number of thioether (sulfide) groups is 1. The van der Waals surface area contributed by atoms with E-state index in [1.807, 2.05) is 42.1 Å². The van der Waals surface area contributed by atoms with Crippen molar-refractivity contribution in [2.45, 2.75) is 48.3 Å². The normalized spacial score (nSPS) is 29.8. The maximum atomic E-state index is 12.0. The summed E-state index contributed by atoms with van der Waals surface area (Å²) in [4.78, 5) is 23.7. The van der Waals surface area contributed by atoms with Gasteiger partial charge in [0, 0.05) is 10.5 Å². The van der Waals surface area contributed by atoms with E-state index in [1.165, 1.54) is 0 Å². The number of rotatable bonds is 4. The summed E-state index contributed by atoms with van der Waals surface area (Å²) in [7, 11) is 0. The predicted octanol–water partition coefficient (Wildman–Crippen LogP) is 2.79. The van der Waals surface area contributed by atoms with Crippen molar-refractivity contribution in [1.82, 2.24) is 5.32 Å². The van der Waals surface area contributed by atoms with E-state index >= 15 is 0 Å². The monoisotopic (exact) mass is 321 g/mol. The highest BCUT2D eigenvalue weighted by Gasteiger charge is 2.50. The van der Waals surface area contributed by atoms with Crippen LogP contribution >= 0.6 is 11.8 Å². The Bertz CT molecular complexity index is 551. The van der Waals surface area contributed by atoms with Crippen molar-refractivity contribution in [2.24, 2.45) is 0 Å². The standard InChI is InChI=1S/C16H19NO4S/c18-14(19)16(8-12-6-7-13(9-16)22-12)17-15(20)21-10-11-4-2-1-3-5-11/h1-5,12-13H,6-10H2,(H,17,20)(H,18,19). The summed E-state index contributed by atoms with van der Waals surface area (Å²) in [6.07, 6.45) is 2.36. The Kier molecular flexibility index (Phi) is 4.29. The summed E-state index contributed by atoms with van der Waals surface area (Å²) >= 11 is 1.85. The zero-order valence-corrected chi connectivity index (χ0v) is 13.0. The van der Waals surface area contributed by atoms with Crippen LogP contribution in [0.15, 0.2) is 30.3 Å². The highest BCUT2D eigenvalue weighted by molar-refractivity contribution is 8.00. The summed E-state index contributed by atoms with van der Waals surface area (Å²) in [5.41, 5.74) is -0.300. The van der Waals surface area contributed by atoms with Crippen molar-refractivity contribution in [1.29, 1.82) is 0 Å². The molecule has 6 heteroatoms. The van der Waals surface area contributed by atoms with Gasteiger partial charge in [0.15, 0.2) is 0 Å². The molecule has 2 saturated heterocycles. The molecule has 2 bridgehead atoms. The molecule has 1 aromatic rings. The molecule has 0 aliphatic carbocycles. The van der Waals surface area contributed by atoms with E-state index in [4.69, 9.17) is 4.74 Å². The molecule has 118 valence electrons. The third kappa shape index (κ3) is 3.21. The van der Waals surface area contributed by atoms with Gasteiger partial charge >= 0.3 is 12.1 Å². The largest absolute Gasteiger partial charge is 0.480 e. The Balaban J connectivity index is 1.62. The molecule has 2 unspecified atom stereocenters. The molecule has 1 amide bonds.